The Kier molecular flexibility index (Phi) is 5.60. The minimum Gasteiger partial charge on any atom is -0.496 e. The van der Waals surface area contributed by atoms with Crippen molar-refractivity contribution in [2.45, 2.75) is 46.6 Å². The van der Waals surface area contributed by atoms with Gasteiger partial charge in [0, 0.05) is 29.1 Å². The molecule has 0 aliphatic heterocycles. The van der Waals surface area contributed by atoms with Gasteiger partial charge in [-0.25, -0.2) is 0 Å². The summed E-state index contributed by atoms with van der Waals surface area (Å²) in [6.45, 7) is 8.61. The van der Waals surface area contributed by atoms with E-state index >= 15 is 0 Å². The van der Waals surface area contributed by atoms with Crippen LogP contribution in [0.25, 0.3) is 0 Å². The summed E-state index contributed by atoms with van der Waals surface area (Å²) < 4.78 is 5.46. The molecule has 0 aliphatic rings. The van der Waals surface area contributed by atoms with Crippen molar-refractivity contribution in [3.63, 3.8) is 0 Å². The number of nitrogens with zero attached hydrogens (tertiary/aromatic N) is 1. The minimum absolute atomic E-state index is 0.503. The van der Waals surface area contributed by atoms with Gasteiger partial charge in [-0.3, -0.25) is 4.98 Å². The van der Waals surface area contributed by atoms with Crippen LogP contribution in [0.4, 0.5) is 0 Å². The van der Waals surface area contributed by atoms with Gasteiger partial charge in [-0.1, -0.05) is 13.3 Å². The lowest BCUT2D eigenvalue weighted by atomic mass is 9.91. The lowest BCUT2D eigenvalue weighted by molar-refractivity contribution is 0.374. The third kappa shape index (κ3) is 3.22. The molecule has 102 valence electrons. The number of aryl methyl sites for hydroxylation is 1. The van der Waals surface area contributed by atoms with E-state index in [1.54, 1.807) is 7.11 Å². The van der Waals surface area contributed by atoms with Crippen molar-refractivity contribution in [2.24, 2.45) is 5.92 Å². The zero-order valence-corrected chi connectivity index (χ0v) is 12.5. The Bertz CT molecular complexity index is 390. The van der Waals surface area contributed by atoms with Crippen molar-refractivity contribution >= 4 is 0 Å². The number of nitrogens with one attached hydrogen (secondary N) is 1. The maximum atomic E-state index is 5.46. The molecule has 1 aromatic heterocycles. The fraction of sp³-hybridized carbons (Fsp3) is 0.667. The Balaban J connectivity index is 2.97. The number of pyridine rings is 1. The third-order valence-corrected chi connectivity index (χ3v) is 3.89. The first-order valence-electron chi connectivity index (χ1n) is 6.71. The van der Waals surface area contributed by atoms with Crippen LogP contribution in [0.2, 0.25) is 0 Å². The largest absolute Gasteiger partial charge is 0.496 e. The summed E-state index contributed by atoms with van der Waals surface area (Å²) >= 11 is 0. The first kappa shape index (κ1) is 15.0. The van der Waals surface area contributed by atoms with Crippen molar-refractivity contribution < 1.29 is 4.74 Å². The fourth-order valence-electron chi connectivity index (χ4n) is 2.44. The highest BCUT2D eigenvalue weighted by atomic mass is 16.5. The Labute approximate surface area is 111 Å². The second-order valence-electron chi connectivity index (χ2n) is 5.00. The number of methoxy groups -OCH3 is 1. The topological polar surface area (TPSA) is 34.1 Å². The molecule has 0 saturated carbocycles. The fourth-order valence-corrected chi connectivity index (χ4v) is 2.44. The summed E-state index contributed by atoms with van der Waals surface area (Å²) in [4.78, 5) is 4.58. The van der Waals surface area contributed by atoms with Gasteiger partial charge in [0.1, 0.15) is 5.75 Å². The van der Waals surface area contributed by atoms with Crippen molar-refractivity contribution in [3.05, 3.63) is 23.0 Å². The van der Waals surface area contributed by atoms with E-state index in [1.165, 1.54) is 5.56 Å². The van der Waals surface area contributed by atoms with Crippen molar-refractivity contribution in [1.29, 1.82) is 0 Å². The zero-order chi connectivity index (χ0) is 13.7. The lowest BCUT2D eigenvalue weighted by Crippen LogP contribution is -2.31. The van der Waals surface area contributed by atoms with Gasteiger partial charge >= 0.3 is 0 Å². The van der Waals surface area contributed by atoms with Crippen LogP contribution >= 0.6 is 0 Å². The van der Waals surface area contributed by atoms with E-state index in [0.29, 0.717) is 12.0 Å². The van der Waals surface area contributed by atoms with Crippen LogP contribution in [-0.4, -0.2) is 25.2 Å². The number of aromatic nitrogens is 1. The number of ether oxygens (including phenoxy) is 1. The summed E-state index contributed by atoms with van der Waals surface area (Å²) in [7, 11) is 3.75. The van der Waals surface area contributed by atoms with E-state index in [1.807, 2.05) is 20.2 Å². The molecule has 1 heterocycles. The number of hydrogen-bond acceptors (Lipinski definition) is 3. The van der Waals surface area contributed by atoms with Crippen LogP contribution < -0.4 is 10.1 Å². The summed E-state index contributed by atoms with van der Waals surface area (Å²) in [5.41, 5.74) is 3.44. The molecule has 0 aliphatic carbocycles. The zero-order valence-electron chi connectivity index (χ0n) is 12.5. The van der Waals surface area contributed by atoms with E-state index in [0.717, 1.165) is 29.8 Å². The average Bonchev–Trinajstić information content (AvgIpc) is 2.38. The van der Waals surface area contributed by atoms with Gasteiger partial charge in [0.15, 0.2) is 0 Å². The van der Waals surface area contributed by atoms with E-state index < -0.39 is 0 Å². The summed E-state index contributed by atoms with van der Waals surface area (Å²) in [6.07, 6.45) is 4.07. The van der Waals surface area contributed by atoms with Gasteiger partial charge in [-0.2, -0.15) is 0 Å². The van der Waals surface area contributed by atoms with Gasteiger partial charge in [0.05, 0.1) is 7.11 Å². The molecular weight excluding hydrogens is 224 g/mol. The van der Waals surface area contributed by atoms with E-state index in [-0.39, 0.29) is 0 Å². The van der Waals surface area contributed by atoms with Gasteiger partial charge in [-0.15, -0.1) is 0 Å². The predicted octanol–water partition coefficient (Wildman–Crippen LogP) is 2.88. The third-order valence-electron chi connectivity index (χ3n) is 3.89. The smallest absolute Gasteiger partial charge is 0.128 e. The maximum absolute atomic E-state index is 5.46. The lowest BCUT2D eigenvalue weighted by Gasteiger charge is -2.23. The molecule has 0 aromatic carbocycles. The van der Waals surface area contributed by atoms with Gasteiger partial charge in [-0.05, 0) is 40.2 Å². The van der Waals surface area contributed by atoms with Crippen LogP contribution in [0.3, 0.4) is 0 Å². The molecule has 0 radical (unpaired) electrons. The molecule has 0 spiro atoms. The Morgan fingerprint density at radius 2 is 2.06 bits per heavy atom. The standard InChI is InChI=1S/C15H26N2O/c1-7-13(12(4)16-5)8-14-11(3)15(18-6)10(2)9-17-14/h9,12-13,16H,7-8H2,1-6H3. The highest BCUT2D eigenvalue weighted by molar-refractivity contribution is 5.41. The highest BCUT2D eigenvalue weighted by Crippen LogP contribution is 2.26. The molecule has 3 nitrogen and oxygen atoms in total. The van der Waals surface area contributed by atoms with Crippen LogP contribution in [0.15, 0.2) is 6.20 Å². The van der Waals surface area contributed by atoms with Crippen LogP contribution in [0.5, 0.6) is 5.75 Å². The molecule has 1 N–H and O–H groups in total. The first-order valence-corrected chi connectivity index (χ1v) is 6.71. The van der Waals surface area contributed by atoms with Gasteiger partial charge < -0.3 is 10.1 Å². The summed E-state index contributed by atoms with van der Waals surface area (Å²) in [5.74, 6) is 1.58. The number of hydrogen-bond donors (Lipinski definition) is 1. The van der Waals surface area contributed by atoms with Crippen LogP contribution in [0, 0.1) is 19.8 Å². The van der Waals surface area contributed by atoms with E-state index in [9.17, 15) is 0 Å². The predicted molar refractivity (Wildman–Crippen MR) is 76.3 cm³/mol. The Morgan fingerprint density at radius 1 is 1.39 bits per heavy atom. The van der Waals surface area contributed by atoms with Crippen molar-refractivity contribution in [2.75, 3.05) is 14.2 Å². The molecule has 1 aromatic rings. The summed E-state index contributed by atoms with van der Waals surface area (Å²) in [5, 5.41) is 3.34. The minimum atomic E-state index is 0.503. The van der Waals surface area contributed by atoms with Crippen molar-refractivity contribution in [1.82, 2.24) is 10.3 Å². The van der Waals surface area contributed by atoms with Gasteiger partial charge in [0.25, 0.3) is 0 Å². The molecule has 2 atom stereocenters. The summed E-state index contributed by atoms with van der Waals surface area (Å²) in [6, 6.07) is 0.503. The Hall–Kier alpha value is -1.09. The molecule has 0 amide bonds. The normalized spacial score (nSPS) is 14.3. The highest BCUT2D eigenvalue weighted by Gasteiger charge is 2.18. The second kappa shape index (κ2) is 6.74. The molecular formula is C15H26N2O. The number of rotatable bonds is 6. The Morgan fingerprint density at radius 3 is 2.56 bits per heavy atom. The molecule has 2 unspecified atom stereocenters. The van der Waals surface area contributed by atoms with Crippen molar-refractivity contribution in [3.8, 4) is 5.75 Å². The van der Waals surface area contributed by atoms with E-state index in [4.69, 9.17) is 4.74 Å². The molecule has 0 saturated heterocycles. The monoisotopic (exact) mass is 250 g/mol. The second-order valence-corrected chi connectivity index (χ2v) is 5.00. The molecule has 18 heavy (non-hydrogen) atoms. The molecule has 1 rings (SSSR count). The van der Waals surface area contributed by atoms with Crippen LogP contribution in [0.1, 0.15) is 37.1 Å². The molecule has 0 bridgehead atoms. The molecule has 0 fully saturated rings. The maximum Gasteiger partial charge on any atom is 0.128 e. The molecule has 3 heteroatoms. The SMILES string of the molecule is CCC(Cc1ncc(C)c(OC)c1C)C(C)NC. The van der Waals surface area contributed by atoms with Crippen LogP contribution in [-0.2, 0) is 6.42 Å². The van der Waals surface area contributed by atoms with E-state index in [2.05, 4.69) is 31.1 Å². The van der Waals surface area contributed by atoms with Gasteiger partial charge in [0.2, 0.25) is 0 Å². The average molecular weight is 250 g/mol. The quantitative estimate of drug-likeness (QED) is 0.843. The first-order chi connectivity index (χ1) is 8.54.